The van der Waals surface area contributed by atoms with Crippen molar-refractivity contribution in [1.29, 1.82) is 0 Å². The fourth-order valence-electron chi connectivity index (χ4n) is 2.02. The summed E-state index contributed by atoms with van der Waals surface area (Å²) in [5, 5.41) is 18.1. The highest BCUT2D eigenvalue weighted by Crippen LogP contribution is 2.48. The van der Waals surface area contributed by atoms with E-state index in [1.165, 1.54) is 0 Å². The Bertz CT molecular complexity index is 380. The standard InChI is InChI=1S/C12H14O3/c13-8-12(5-6-12)10-4-2-1-3-9(10)7-11(14)15/h1-4,13H,5-8H2,(H,14,15). The maximum Gasteiger partial charge on any atom is 0.307 e. The van der Waals surface area contributed by atoms with Gasteiger partial charge in [0.25, 0.3) is 0 Å². The third-order valence-electron chi connectivity index (χ3n) is 3.09. The Labute approximate surface area is 88.4 Å². The molecule has 0 amide bonds. The van der Waals surface area contributed by atoms with Gasteiger partial charge in [-0.2, -0.15) is 0 Å². The molecule has 1 aromatic carbocycles. The van der Waals surface area contributed by atoms with E-state index >= 15 is 0 Å². The lowest BCUT2D eigenvalue weighted by Crippen LogP contribution is -2.16. The molecule has 0 saturated heterocycles. The third-order valence-corrected chi connectivity index (χ3v) is 3.09. The second-order valence-electron chi connectivity index (χ2n) is 4.17. The summed E-state index contributed by atoms with van der Waals surface area (Å²) in [6, 6.07) is 7.51. The summed E-state index contributed by atoms with van der Waals surface area (Å²) >= 11 is 0. The molecule has 0 aliphatic heterocycles. The molecule has 1 aliphatic carbocycles. The van der Waals surface area contributed by atoms with Gasteiger partial charge in [-0.25, -0.2) is 0 Å². The topological polar surface area (TPSA) is 57.5 Å². The smallest absolute Gasteiger partial charge is 0.307 e. The van der Waals surface area contributed by atoms with E-state index in [9.17, 15) is 9.90 Å². The Balaban J connectivity index is 2.34. The number of aliphatic hydroxyl groups is 1. The highest BCUT2D eigenvalue weighted by atomic mass is 16.4. The van der Waals surface area contributed by atoms with Gasteiger partial charge in [0.2, 0.25) is 0 Å². The highest BCUT2D eigenvalue weighted by molar-refractivity contribution is 5.71. The van der Waals surface area contributed by atoms with Crippen molar-refractivity contribution in [1.82, 2.24) is 0 Å². The molecule has 0 atom stereocenters. The van der Waals surface area contributed by atoms with Crippen molar-refractivity contribution in [3.63, 3.8) is 0 Å². The molecule has 3 heteroatoms. The summed E-state index contributed by atoms with van der Waals surface area (Å²) in [6.45, 7) is 0.115. The highest BCUT2D eigenvalue weighted by Gasteiger charge is 2.44. The van der Waals surface area contributed by atoms with Crippen LogP contribution in [-0.4, -0.2) is 22.8 Å². The lowest BCUT2D eigenvalue weighted by Gasteiger charge is -2.16. The van der Waals surface area contributed by atoms with Crippen molar-refractivity contribution in [3.05, 3.63) is 35.4 Å². The van der Waals surface area contributed by atoms with Crippen molar-refractivity contribution in [2.24, 2.45) is 0 Å². The van der Waals surface area contributed by atoms with Crippen LogP contribution < -0.4 is 0 Å². The monoisotopic (exact) mass is 206 g/mol. The lowest BCUT2D eigenvalue weighted by molar-refractivity contribution is -0.136. The number of hydrogen-bond acceptors (Lipinski definition) is 2. The number of carbonyl (C=O) groups is 1. The summed E-state index contributed by atoms with van der Waals surface area (Å²) in [7, 11) is 0. The zero-order valence-electron chi connectivity index (χ0n) is 8.44. The van der Waals surface area contributed by atoms with Crippen LogP contribution in [-0.2, 0) is 16.6 Å². The van der Waals surface area contributed by atoms with E-state index in [0.717, 1.165) is 24.0 Å². The van der Waals surface area contributed by atoms with Crippen LogP contribution >= 0.6 is 0 Å². The molecule has 0 heterocycles. The molecule has 3 nitrogen and oxygen atoms in total. The first-order chi connectivity index (χ1) is 7.18. The summed E-state index contributed by atoms with van der Waals surface area (Å²) in [4.78, 5) is 10.7. The van der Waals surface area contributed by atoms with Crippen LogP contribution in [0.25, 0.3) is 0 Å². The van der Waals surface area contributed by atoms with Gasteiger partial charge >= 0.3 is 5.97 Å². The van der Waals surface area contributed by atoms with E-state index in [4.69, 9.17) is 5.11 Å². The molecule has 2 rings (SSSR count). The maximum absolute atomic E-state index is 10.7. The number of aliphatic carboxylic acids is 1. The van der Waals surface area contributed by atoms with Crippen molar-refractivity contribution in [2.45, 2.75) is 24.7 Å². The Morgan fingerprint density at radius 3 is 2.53 bits per heavy atom. The number of carboxylic acid groups (broad SMARTS) is 1. The predicted molar refractivity (Wildman–Crippen MR) is 55.8 cm³/mol. The van der Waals surface area contributed by atoms with E-state index in [2.05, 4.69) is 0 Å². The minimum Gasteiger partial charge on any atom is -0.481 e. The van der Waals surface area contributed by atoms with Crippen LogP contribution in [0.4, 0.5) is 0 Å². The normalized spacial score (nSPS) is 17.4. The zero-order chi connectivity index (χ0) is 10.9. The molecular formula is C12H14O3. The molecule has 15 heavy (non-hydrogen) atoms. The number of carboxylic acids is 1. The van der Waals surface area contributed by atoms with Gasteiger partial charge in [-0.05, 0) is 24.0 Å². The fraction of sp³-hybridized carbons (Fsp3) is 0.417. The average molecular weight is 206 g/mol. The van der Waals surface area contributed by atoms with Crippen LogP contribution in [0.15, 0.2) is 24.3 Å². The second kappa shape index (κ2) is 3.66. The van der Waals surface area contributed by atoms with Crippen molar-refractivity contribution < 1.29 is 15.0 Å². The van der Waals surface area contributed by atoms with Gasteiger partial charge in [-0.15, -0.1) is 0 Å². The number of hydrogen-bond donors (Lipinski definition) is 2. The average Bonchev–Trinajstić information content (AvgIpc) is 2.98. The molecule has 0 bridgehead atoms. The van der Waals surface area contributed by atoms with Gasteiger partial charge in [0.05, 0.1) is 13.0 Å². The van der Waals surface area contributed by atoms with Gasteiger partial charge in [-0.1, -0.05) is 24.3 Å². The molecule has 0 radical (unpaired) electrons. The number of benzene rings is 1. The van der Waals surface area contributed by atoms with Crippen LogP contribution in [0.1, 0.15) is 24.0 Å². The van der Waals surface area contributed by atoms with Crippen LogP contribution in [0, 0.1) is 0 Å². The van der Waals surface area contributed by atoms with Gasteiger partial charge in [0.1, 0.15) is 0 Å². The molecule has 1 fully saturated rings. The molecule has 80 valence electrons. The Morgan fingerprint density at radius 2 is 2.00 bits per heavy atom. The Morgan fingerprint density at radius 1 is 1.33 bits per heavy atom. The molecule has 0 spiro atoms. The van der Waals surface area contributed by atoms with E-state index in [1.54, 1.807) is 0 Å². The largest absolute Gasteiger partial charge is 0.481 e. The fourth-order valence-corrected chi connectivity index (χ4v) is 2.02. The van der Waals surface area contributed by atoms with E-state index < -0.39 is 5.97 Å². The van der Waals surface area contributed by atoms with Gasteiger partial charge in [-0.3, -0.25) is 4.79 Å². The zero-order valence-corrected chi connectivity index (χ0v) is 8.44. The molecule has 2 N–H and O–H groups in total. The minimum absolute atomic E-state index is 0.0396. The van der Waals surface area contributed by atoms with Gasteiger partial charge in [0, 0.05) is 5.41 Å². The van der Waals surface area contributed by atoms with Crippen LogP contribution in [0.2, 0.25) is 0 Å². The first-order valence-corrected chi connectivity index (χ1v) is 5.09. The SMILES string of the molecule is O=C(O)Cc1ccccc1C1(CO)CC1. The molecular weight excluding hydrogens is 192 g/mol. The molecule has 1 aliphatic rings. The quantitative estimate of drug-likeness (QED) is 0.781. The first kappa shape index (κ1) is 10.2. The molecule has 1 saturated carbocycles. The van der Waals surface area contributed by atoms with Crippen LogP contribution in [0.5, 0.6) is 0 Å². The Hall–Kier alpha value is -1.35. The maximum atomic E-state index is 10.7. The Kier molecular flexibility index (Phi) is 2.49. The molecule has 1 aromatic rings. The summed E-state index contributed by atoms with van der Waals surface area (Å²) < 4.78 is 0. The number of rotatable bonds is 4. The molecule has 0 aromatic heterocycles. The predicted octanol–water partition coefficient (Wildman–Crippen LogP) is 1.34. The van der Waals surface area contributed by atoms with E-state index in [1.807, 2.05) is 24.3 Å². The van der Waals surface area contributed by atoms with Crippen molar-refractivity contribution in [2.75, 3.05) is 6.61 Å². The van der Waals surface area contributed by atoms with E-state index in [0.29, 0.717) is 0 Å². The van der Waals surface area contributed by atoms with Crippen LogP contribution in [0.3, 0.4) is 0 Å². The van der Waals surface area contributed by atoms with Gasteiger partial charge < -0.3 is 10.2 Å². The summed E-state index contributed by atoms with van der Waals surface area (Å²) in [5.41, 5.74) is 1.69. The molecule has 0 unspecified atom stereocenters. The second-order valence-corrected chi connectivity index (χ2v) is 4.17. The first-order valence-electron chi connectivity index (χ1n) is 5.09. The van der Waals surface area contributed by atoms with Crippen molar-refractivity contribution >= 4 is 5.97 Å². The van der Waals surface area contributed by atoms with E-state index in [-0.39, 0.29) is 18.4 Å². The third kappa shape index (κ3) is 1.88. The van der Waals surface area contributed by atoms with Crippen molar-refractivity contribution in [3.8, 4) is 0 Å². The lowest BCUT2D eigenvalue weighted by atomic mass is 9.91. The summed E-state index contributed by atoms with van der Waals surface area (Å²) in [6.07, 6.45) is 1.96. The number of aliphatic hydroxyl groups excluding tert-OH is 1. The summed E-state index contributed by atoms with van der Waals surface area (Å²) in [5.74, 6) is -0.823. The van der Waals surface area contributed by atoms with Gasteiger partial charge in [0.15, 0.2) is 0 Å². The minimum atomic E-state index is -0.823.